The van der Waals surface area contributed by atoms with Crippen LogP contribution in [0.5, 0.6) is 0 Å². The highest BCUT2D eigenvalue weighted by atomic mass is 127. The van der Waals surface area contributed by atoms with Crippen molar-refractivity contribution in [1.82, 2.24) is 9.88 Å². The summed E-state index contributed by atoms with van der Waals surface area (Å²) >= 11 is 2.42. The normalized spacial score (nSPS) is 22.4. The van der Waals surface area contributed by atoms with E-state index in [0.717, 1.165) is 19.5 Å². The number of likely N-dealkylation sites (tertiary alicyclic amines) is 1. The van der Waals surface area contributed by atoms with Crippen LogP contribution in [0.1, 0.15) is 23.3 Å². The first-order valence-corrected chi connectivity index (χ1v) is 6.08. The molecular weight excluding hydrogens is 291 g/mol. The summed E-state index contributed by atoms with van der Waals surface area (Å²) in [6.07, 6.45) is 4.15. The Morgan fingerprint density at radius 3 is 3.14 bits per heavy atom. The molecule has 1 fully saturated rings. The highest BCUT2D eigenvalue weighted by Gasteiger charge is 2.22. The molecule has 1 aromatic rings. The van der Waals surface area contributed by atoms with Gasteiger partial charge in [0.2, 0.25) is 0 Å². The Balaban J connectivity index is 2.04. The van der Waals surface area contributed by atoms with Crippen LogP contribution >= 0.6 is 22.6 Å². The molecule has 1 amide bonds. The second kappa shape index (κ2) is 4.33. The molecule has 1 aromatic heterocycles. The van der Waals surface area contributed by atoms with E-state index < -0.39 is 0 Å². The average molecular weight is 304 g/mol. The standard InChI is InChI=1S/C10H13IN2O/c11-8-3-2-6-13(7-8)10(14)9-4-1-5-12-9/h1,4-5,8,12H,2-3,6-7H2. The molecule has 76 valence electrons. The number of carbonyl (C=O) groups is 1. The van der Waals surface area contributed by atoms with Crippen LogP contribution in [0.2, 0.25) is 0 Å². The minimum Gasteiger partial charge on any atom is -0.357 e. The lowest BCUT2D eigenvalue weighted by Crippen LogP contribution is -2.40. The molecule has 0 saturated carbocycles. The van der Waals surface area contributed by atoms with Crippen molar-refractivity contribution in [2.45, 2.75) is 16.8 Å². The van der Waals surface area contributed by atoms with Gasteiger partial charge in [-0.2, -0.15) is 0 Å². The molecule has 0 aromatic carbocycles. The summed E-state index contributed by atoms with van der Waals surface area (Å²) in [6, 6.07) is 3.69. The fourth-order valence-corrected chi connectivity index (χ4v) is 2.66. The molecule has 0 spiro atoms. The maximum absolute atomic E-state index is 11.9. The Morgan fingerprint density at radius 2 is 2.50 bits per heavy atom. The summed E-state index contributed by atoms with van der Waals surface area (Å²) in [7, 11) is 0. The van der Waals surface area contributed by atoms with Crippen LogP contribution in [0, 0.1) is 0 Å². The molecule has 14 heavy (non-hydrogen) atoms. The molecule has 4 heteroatoms. The summed E-state index contributed by atoms with van der Waals surface area (Å²) in [5, 5.41) is 0. The monoisotopic (exact) mass is 304 g/mol. The number of hydrogen-bond donors (Lipinski definition) is 1. The van der Waals surface area contributed by atoms with E-state index >= 15 is 0 Å². The van der Waals surface area contributed by atoms with Crippen LogP contribution in [-0.4, -0.2) is 32.8 Å². The lowest BCUT2D eigenvalue weighted by Gasteiger charge is -2.29. The van der Waals surface area contributed by atoms with Crippen LogP contribution in [0.4, 0.5) is 0 Å². The molecule has 0 bridgehead atoms. The summed E-state index contributed by atoms with van der Waals surface area (Å²) in [6.45, 7) is 1.79. The Bertz CT molecular complexity index is 310. The first kappa shape index (κ1) is 10.0. The van der Waals surface area contributed by atoms with Gasteiger partial charge in [0.1, 0.15) is 5.69 Å². The van der Waals surface area contributed by atoms with Crippen molar-refractivity contribution >= 4 is 28.5 Å². The van der Waals surface area contributed by atoms with Gasteiger partial charge in [-0.3, -0.25) is 4.79 Å². The van der Waals surface area contributed by atoms with Crippen molar-refractivity contribution < 1.29 is 4.79 Å². The number of nitrogens with zero attached hydrogens (tertiary/aromatic N) is 1. The number of rotatable bonds is 1. The first-order valence-electron chi connectivity index (χ1n) is 4.84. The van der Waals surface area contributed by atoms with E-state index in [9.17, 15) is 4.79 Å². The van der Waals surface area contributed by atoms with Gasteiger partial charge in [0.25, 0.3) is 5.91 Å². The minimum absolute atomic E-state index is 0.136. The third kappa shape index (κ3) is 2.10. The van der Waals surface area contributed by atoms with Crippen molar-refractivity contribution in [2.75, 3.05) is 13.1 Å². The number of H-pyrrole nitrogens is 1. The molecule has 1 aliphatic heterocycles. The molecule has 2 heterocycles. The number of aromatic nitrogens is 1. The van der Waals surface area contributed by atoms with Gasteiger partial charge in [0.05, 0.1) is 0 Å². The number of carbonyl (C=O) groups excluding carboxylic acids is 1. The summed E-state index contributed by atoms with van der Waals surface area (Å²) in [4.78, 5) is 16.8. The Labute approximate surface area is 97.0 Å². The number of hydrogen-bond acceptors (Lipinski definition) is 1. The molecule has 3 nitrogen and oxygen atoms in total. The van der Waals surface area contributed by atoms with E-state index in [0.29, 0.717) is 9.62 Å². The molecule has 1 saturated heterocycles. The van der Waals surface area contributed by atoms with Gasteiger partial charge < -0.3 is 9.88 Å². The minimum atomic E-state index is 0.136. The van der Waals surface area contributed by atoms with Gasteiger partial charge in [-0.15, -0.1) is 0 Å². The largest absolute Gasteiger partial charge is 0.357 e. The van der Waals surface area contributed by atoms with Gasteiger partial charge >= 0.3 is 0 Å². The van der Waals surface area contributed by atoms with Gasteiger partial charge in [-0.05, 0) is 25.0 Å². The summed E-state index contributed by atoms with van der Waals surface area (Å²) < 4.78 is 0.611. The van der Waals surface area contributed by atoms with E-state index in [4.69, 9.17) is 0 Å². The zero-order valence-electron chi connectivity index (χ0n) is 7.87. The van der Waals surface area contributed by atoms with Crippen LogP contribution < -0.4 is 0 Å². The smallest absolute Gasteiger partial charge is 0.270 e. The Kier molecular flexibility index (Phi) is 3.10. The van der Waals surface area contributed by atoms with Gasteiger partial charge in [-0.1, -0.05) is 22.6 Å². The highest BCUT2D eigenvalue weighted by molar-refractivity contribution is 14.1. The average Bonchev–Trinajstić information content (AvgIpc) is 2.69. The second-order valence-corrected chi connectivity index (χ2v) is 5.34. The van der Waals surface area contributed by atoms with Crippen molar-refractivity contribution in [2.24, 2.45) is 0 Å². The SMILES string of the molecule is O=C(c1ccc[nH]1)N1CCCC(I)C1. The third-order valence-corrected chi connectivity index (χ3v) is 3.50. The van der Waals surface area contributed by atoms with Crippen LogP contribution in [0.25, 0.3) is 0 Å². The fourth-order valence-electron chi connectivity index (χ4n) is 1.74. The van der Waals surface area contributed by atoms with Crippen molar-refractivity contribution in [3.05, 3.63) is 24.0 Å². The van der Waals surface area contributed by atoms with Gasteiger partial charge in [0, 0.05) is 23.2 Å². The Hall–Kier alpha value is -0.520. The highest BCUT2D eigenvalue weighted by Crippen LogP contribution is 2.18. The molecule has 0 radical (unpaired) electrons. The zero-order chi connectivity index (χ0) is 9.97. The van der Waals surface area contributed by atoms with Crippen LogP contribution in [0.3, 0.4) is 0 Å². The molecule has 1 N–H and O–H groups in total. The lowest BCUT2D eigenvalue weighted by molar-refractivity contribution is 0.0726. The number of halogens is 1. The van der Waals surface area contributed by atoms with Crippen LogP contribution in [-0.2, 0) is 0 Å². The van der Waals surface area contributed by atoms with E-state index in [1.54, 1.807) is 6.20 Å². The molecule has 0 aliphatic carbocycles. The van der Waals surface area contributed by atoms with Gasteiger partial charge in [0.15, 0.2) is 0 Å². The molecule has 1 aliphatic rings. The van der Waals surface area contributed by atoms with Gasteiger partial charge in [-0.25, -0.2) is 0 Å². The van der Waals surface area contributed by atoms with E-state index in [2.05, 4.69) is 27.6 Å². The fraction of sp³-hybridized carbons (Fsp3) is 0.500. The summed E-state index contributed by atoms with van der Waals surface area (Å²) in [5.74, 6) is 0.136. The number of nitrogens with one attached hydrogen (secondary N) is 1. The number of piperidine rings is 1. The van der Waals surface area contributed by atoms with E-state index in [-0.39, 0.29) is 5.91 Å². The Morgan fingerprint density at radius 1 is 1.64 bits per heavy atom. The molecule has 1 unspecified atom stereocenters. The predicted octanol–water partition coefficient (Wildman–Crippen LogP) is 2.05. The van der Waals surface area contributed by atoms with Crippen LogP contribution in [0.15, 0.2) is 18.3 Å². The van der Waals surface area contributed by atoms with Crippen molar-refractivity contribution in [3.63, 3.8) is 0 Å². The molecular formula is C10H13IN2O. The van der Waals surface area contributed by atoms with E-state index in [1.165, 1.54) is 6.42 Å². The number of aromatic amines is 1. The zero-order valence-corrected chi connectivity index (χ0v) is 10.0. The molecule has 2 rings (SSSR count). The van der Waals surface area contributed by atoms with Crippen molar-refractivity contribution in [1.29, 1.82) is 0 Å². The number of alkyl halides is 1. The topological polar surface area (TPSA) is 36.1 Å². The quantitative estimate of drug-likeness (QED) is 0.626. The maximum atomic E-state index is 11.9. The van der Waals surface area contributed by atoms with Crippen molar-refractivity contribution in [3.8, 4) is 0 Å². The van der Waals surface area contributed by atoms with E-state index in [1.807, 2.05) is 17.0 Å². The maximum Gasteiger partial charge on any atom is 0.270 e. The first-order chi connectivity index (χ1) is 6.77. The lowest BCUT2D eigenvalue weighted by atomic mass is 10.1. The third-order valence-electron chi connectivity index (χ3n) is 2.48. The summed E-state index contributed by atoms with van der Waals surface area (Å²) in [5.41, 5.74) is 0.704. The molecule has 1 atom stereocenters. The number of amides is 1. The second-order valence-electron chi connectivity index (χ2n) is 3.57. The predicted molar refractivity (Wildman–Crippen MR) is 63.7 cm³/mol.